The Hall–Kier alpha value is -1.94. The zero-order valence-corrected chi connectivity index (χ0v) is 66.4. The van der Waals surface area contributed by atoms with Gasteiger partial charge in [0.15, 0.2) is 12.2 Å². The number of hydrogen-bond acceptors (Lipinski definition) is 15. The maximum Gasteiger partial charge on any atom is 0.472 e. The Morgan fingerprint density at radius 2 is 0.465 bits per heavy atom. The first-order valence-corrected chi connectivity index (χ1v) is 44.6. The second-order valence-corrected chi connectivity index (χ2v) is 32.2. The molecule has 19 heteroatoms. The van der Waals surface area contributed by atoms with E-state index in [0.717, 1.165) is 95.8 Å². The molecule has 0 aliphatic rings. The van der Waals surface area contributed by atoms with E-state index in [1.54, 1.807) is 0 Å². The quantitative estimate of drug-likeness (QED) is 0.0222. The first-order valence-electron chi connectivity index (χ1n) is 41.6. The zero-order valence-electron chi connectivity index (χ0n) is 64.6. The molecule has 0 aliphatic heterocycles. The fourth-order valence-corrected chi connectivity index (χ4v) is 14.0. The Morgan fingerprint density at radius 1 is 0.273 bits per heavy atom. The first-order chi connectivity index (χ1) is 48.0. The summed E-state index contributed by atoms with van der Waals surface area (Å²) < 4.78 is 68.7. The van der Waals surface area contributed by atoms with E-state index in [9.17, 15) is 43.2 Å². The maximum absolute atomic E-state index is 13.1. The van der Waals surface area contributed by atoms with Crippen molar-refractivity contribution in [1.82, 2.24) is 0 Å². The molecular weight excluding hydrogens is 1290 g/mol. The van der Waals surface area contributed by atoms with E-state index in [1.165, 1.54) is 250 Å². The lowest BCUT2D eigenvalue weighted by molar-refractivity contribution is -0.161. The molecule has 0 aromatic rings. The van der Waals surface area contributed by atoms with Crippen molar-refractivity contribution < 1.29 is 80.2 Å². The van der Waals surface area contributed by atoms with Crippen molar-refractivity contribution in [2.24, 2.45) is 5.92 Å². The van der Waals surface area contributed by atoms with Crippen LogP contribution in [0.25, 0.3) is 0 Å². The number of aliphatic hydroxyl groups is 1. The second kappa shape index (κ2) is 73.0. The van der Waals surface area contributed by atoms with Gasteiger partial charge in [-0.3, -0.25) is 37.3 Å². The van der Waals surface area contributed by atoms with Crippen LogP contribution in [0.15, 0.2) is 0 Å². The standard InChI is InChI=1S/C80H156O17P2/c1-6-9-12-15-18-21-24-27-29-31-33-36-39-45-50-55-60-65-79(84)96-75(69-91-78(83)64-59-54-49-44-38-35-32-30-28-25-22-19-16-13-10-7-2)71-94-98(86,87)92-67-74(81)68-93-99(88,89)95-72-76(97-80(85)66-61-56-51-46-41-40-42-47-52-57-62-73(4)5)70-90-77(82)63-58-53-48-43-37-34-26-23-20-17-14-11-8-3/h73-76,81H,6-72H2,1-5H3,(H,86,87)(H,88,89)/t74-,75-,76-/m1/s1. The van der Waals surface area contributed by atoms with Gasteiger partial charge < -0.3 is 33.8 Å². The van der Waals surface area contributed by atoms with Crippen LogP contribution in [0.1, 0.15) is 426 Å². The molecule has 5 atom stereocenters. The monoisotopic (exact) mass is 1450 g/mol. The Bertz CT molecular complexity index is 1890. The van der Waals surface area contributed by atoms with Crippen LogP contribution in [0.5, 0.6) is 0 Å². The number of unbranched alkanes of at least 4 members (excludes halogenated alkanes) is 52. The molecule has 0 heterocycles. The highest BCUT2D eigenvalue weighted by Crippen LogP contribution is 2.45. The minimum atomic E-state index is -4.96. The Labute approximate surface area is 607 Å². The van der Waals surface area contributed by atoms with Crippen LogP contribution < -0.4 is 0 Å². The summed E-state index contributed by atoms with van der Waals surface area (Å²) in [6.45, 7) is 7.32. The number of rotatable bonds is 80. The summed E-state index contributed by atoms with van der Waals surface area (Å²) in [6, 6.07) is 0. The number of carbonyl (C=O) groups is 4. The van der Waals surface area contributed by atoms with Gasteiger partial charge in [0.2, 0.25) is 0 Å². The SMILES string of the molecule is CCCCCCCCCCCCCCCCCCCC(=O)O[C@H](COC(=O)CCCCCCCCCCCCCCCCCC)COP(=O)(O)OC[C@@H](O)COP(=O)(O)OC[C@@H](COC(=O)CCCCCCCCCCCCCCC)OC(=O)CCCCCCCCCCCCC(C)C. The topological polar surface area (TPSA) is 237 Å². The van der Waals surface area contributed by atoms with Gasteiger partial charge in [0, 0.05) is 25.7 Å². The predicted octanol–water partition coefficient (Wildman–Crippen LogP) is 24.0. The van der Waals surface area contributed by atoms with E-state index in [-0.39, 0.29) is 25.7 Å². The van der Waals surface area contributed by atoms with Crippen LogP contribution >= 0.6 is 15.6 Å². The van der Waals surface area contributed by atoms with Crippen LogP contribution in [-0.4, -0.2) is 96.7 Å². The van der Waals surface area contributed by atoms with Crippen molar-refractivity contribution in [2.45, 2.75) is 445 Å². The van der Waals surface area contributed by atoms with Crippen LogP contribution in [0.3, 0.4) is 0 Å². The molecule has 0 rings (SSSR count). The molecule has 0 aromatic heterocycles. The summed E-state index contributed by atoms with van der Waals surface area (Å²) in [5.74, 6) is -1.35. The number of carbonyl (C=O) groups excluding carboxylic acids is 4. The lowest BCUT2D eigenvalue weighted by Crippen LogP contribution is -2.30. The summed E-state index contributed by atoms with van der Waals surface area (Å²) in [7, 11) is -9.92. The molecule has 0 aliphatic carbocycles. The predicted molar refractivity (Wildman–Crippen MR) is 405 cm³/mol. The summed E-state index contributed by atoms with van der Waals surface area (Å²) in [4.78, 5) is 73.0. The van der Waals surface area contributed by atoms with Gasteiger partial charge in [-0.2, -0.15) is 0 Å². The third-order valence-corrected chi connectivity index (χ3v) is 20.7. The molecular formula is C80H156O17P2. The van der Waals surface area contributed by atoms with Crippen molar-refractivity contribution in [2.75, 3.05) is 39.6 Å². The average molecular weight is 1450 g/mol. The van der Waals surface area contributed by atoms with E-state index in [4.69, 9.17) is 37.0 Å². The van der Waals surface area contributed by atoms with Crippen LogP contribution in [0.4, 0.5) is 0 Å². The molecule has 3 N–H and O–H groups in total. The van der Waals surface area contributed by atoms with Crippen LogP contribution in [0, 0.1) is 5.92 Å². The number of hydrogen-bond donors (Lipinski definition) is 3. The third kappa shape index (κ3) is 74.1. The molecule has 0 saturated carbocycles. The van der Waals surface area contributed by atoms with Crippen molar-refractivity contribution >= 4 is 39.5 Å². The molecule has 99 heavy (non-hydrogen) atoms. The van der Waals surface area contributed by atoms with Gasteiger partial charge in [-0.15, -0.1) is 0 Å². The highest BCUT2D eigenvalue weighted by molar-refractivity contribution is 7.47. The molecule has 0 radical (unpaired) electrons. The minimum absolute atomic E-state index is 0.107. The van der Waals surface area contributed by atoms with E-state index < -0.39 is 97.5 Å². The number of phosphoric acid groups is 2. The average Bonchev–Trinajstić information content (AvgIpc) is 1.62. The fourth-order valence-electron chi connectivity index (χ4n) is 12.4. The maximum atomic E-state index is 13.1. The van der Waals surface area contributed by atoms with Gasteiger partial charge in [-0.1, -0.05) is 375 Å². The van der Waals surface area contributed by atoms with Gasteiger partial charge in [0.1, 0.15) is 19.3 Å². The largest absolute Gasteiger partial charge is 0.472 e. The number of phosphoric ester groups is 2. The van der Waals surface area contributed by atoms with Gasteiger partial charge in [0.25, 0.3) is 0 Å². The molecule has 0 spiro atoms. The van der Waals surface area contributed by atoms with Crippen molar-refractivity contribution in [3.63, 3.8) is 0 Å². The second-order valence-electron chi connectivity index (χ2n) is 29.3. The van der Waals surface area contributed by atoms with Gasteiger partial charge in [-0.25, -0.2) is 9.13 Å². The lowest BCUT2D eigenvalue weighted by Gasteiger charge is -2.21. The number of esters is 4. The van der Waals surface area contributed by atoms with E-state index in [1.807, 2.05) is 0 Å². The third-order valence-electron chi connectivity index (χ3n) is 18.8. The number of ether oxygens (including phenoxy) is 4. The Morgan fingerprint density at radius 3 is 0.687 bits per heavy atom. The first kappa shape index (κ1) is 97.1. The highest BCUT2D eigenvalue weighted by Gasteiger charge is 2.30. The molecule has 0 amide bonds. The molecule has 0 bridgehead atoms. The van der Waals surface area contributed by atoms with E-state index in [2.05, 4.69) is 34.6 Å². The summed E-state index contributed by atoms with van der Waals surface area (Å²) in [6.07, 6.45) is 63.7. The molecule has 0 fully saturated rings. The molecule has 2 unspecified atom stereocenters. The van der Waals surface area contributed by atoms with E-state index >= 15 is 0 Å². The van der Waals surface area contributed by atoms with Gasteiger partial charge in [-0.05, 0) is 31.6 Å². The highest BCUT2D eigenvalue weighted by atomic mass is 31.2. The molecule has 0 saturated heterocycles. The summed E-state index contributed by atoms with van der Waals surface area (Å²) in [5.41, 5.74) is 0. The Balaban J connectivity index is 5.26. The van der Waals surface area contributed by atoms with Crippen molar-refractivity contribution in [3.8, 4) is 0 Å². The minimum Gasteiger partial charge on any atom is -0.462 e. The summed E-state index contributed by atoms with van der Waals surface area (Å²) >= 11 is 0. The van der Waals surface area contributed by atoms with Gasteiger partial charge in [0.05, 0.1) is 26.4 Å². The summed E-state index contributed by atoms with van der Waals surface area (Å²) in [5, 5.41) is 10.6. The number of aliphatic hydroxyl groups excluding tert-OH is 1. The lowest BCUT2D eigenvalue weighted by atomic mass is 10.0. The van der Waals surface area contributed by atoms with E-state index in [0.29, 0.717) is 25.7 Å². The van der Waals surface area contributed by atoms with Crippen molar-refractivity contribution in [3.05, 3.63) is 0 Å². The fraction of sp³-hybridized carbons (Fsp3) is 0.950. The van der Waals surface area contributed by atoms with Crippen molar-refractivity contribution in [1.29, 1.82) is 0 Å². The normalized spacial score (nSPS) is 13.9. The molecule has 588 valence electrons. The van der Waals surface area contributed by atoms with Crippen LogP contribution in [0.2, 0.25) is 0 Å². The zero-order chi connectivity index (χ0) is 72.7. The molecule has 17 nitrogen and oxygen atoms in total. The van der Waals surface area contributed by atoms with Gasteiger partial charge >= 0.3 is 39.5 Å². The Kier molecular flexibility index (Phi) is 71.6. The molecule has 0 aromatic carbocycles. The smallest absolute Gasteiger partial charge is 0.462 e. The van der Waals surface area contributed by atoms with Crippen LogP contribution in [-0.2, 0) is 65.4 Å².